The number of H-pyrrole nitrogens is 1. The van der Waals surface area contributed by atoms with E-state index < -0.39 is 0 Å². The fraction of sp³-hybridized carbons (Fsp3) is 0.235. The Kier molecular flexibility index (Phi) is 3.27. The molecule has 8 nitrogen and oxygen atoms in total. The first kappa shape index (κ1) is 14.2. The molecule has 5 rings (SSSR count). The molecule has 1 aromatic carbocycles. The van der Waals surface area contributed by atoms with Crippen LogP contribution in [0.1, 0.15) is 30.0 Å². The van der Waals surface area contributed by atoms with Crippen molar-refractivity contribution < 1.29 is 0 Å². The summed E-state index contributed by atoms with van der Waals surface area (Å²) in [7, 11) is 0. The molecule has 0 atom stereocenters. The lowest BCUT2D eigenvalue weighted by Gasteiger charge is -2.08. The van der Waals surface area contributed by atoms with Crippen molar-refractivity contribution in [1.82, 2.24) is 25.6 Å². The zero-order valence-corrected chi connectivity index (χ0v) is 13.5. The highest BCUT2D eigenvalue weighted by Crippen LogP contribution is 2.39. The molecule has 3 aromatic rings. The largest absolute Gasteiger partial charge is 0.324 e. The molecule has 0 saturated heterocycles. The van der Waals surface area contributed by atoms with Gasteiger partial charge in [-0.3, -0.25) is 5.10 Å². The van der Waals surface area contributed by atoms with Gasteiger partial charge in [0.1, 0.15) is 5.82 Å². The van der Waals surface area contributed by atoms with Crippen LogP contribution in [0.25, 0.3) is 0 Å². The molecule has 1 fully saturated rings. The third-order valence-electron chi connectivity index (χ3n) is 4.39. The maximum absolute atomic E-state index is 4.51. The van der Waals surface area contributed by atoms with Crippen molar-refractivity contribution in [2.45, 2.75) is 25.3 Å². The first-order chi connectivity index (χ1) is 12.3. The van der Waals surface area contributed by atoms with Crippen LogP contribution in [0.5, 0.6) is 0 Å². The van der Waals surface area contributed by atoms with Gasteiger partial charge in [-0.2, -0.15) is 10.1 Å². The number of hydrogen-bond donors (Lipinski definition) is 5. The zero-order chi connectivity index (χ0) is 16.6. The Morgan fingerprint density at radius 1 is 1.04 bits per heavy atom. The summed E-state index contributed by atoms with van der Waals surface area (Å²) in [6.07, 6.45) is 4.21. The molecule has 126 valence electrons. The quantitative estimate of drug-likeness (QED) is 0.489. The molecule has 0 spiro atoms. The maximum Gasteiger partial charge on any atom is 0.229 e. The highest BCUT2D eigenvalue weighted by atomic mass is 15.4. The van der Waals surface area contributed by atoms with Gasteiger partial charge in [-0.05, 0) is 42.7 Å². The molecule has 0 amide bonds. The number of rotatable bonds is 5. The van der Waals surface area contributed by atoms with Crippen LogP contribution in [-0.2, 0) is 6.54 Å². The predicted molar refractivity (Wildman–Crippen MR) is 96.1 cm³/mol. The fourth-order valence-corrected chi connectivity index (χ4v) is 2.93. The summed E-state index contributed by atoms with van der Waals surface area (Å²) in [5.41, 5.74) is 10.7. The minimum absolute atomic E-state index is 0.543. The normalized spacial score (nSPS) is 15.5. The number of benzene rings is 1. The summed E-state index contributed by atoms with van der Waals surface area (Å²) in [5.74, 6) is 2.67. The summed E-state index contributed by atoms with van der Waals surface area (Å²) >= 11 is 0. The van der Waals surface area contributed by atoms with Crippen molar-refractivity contribution in [2.75, 3.05) is 16.1 Å². The van der Waals surface area contributed by atoms with Crippen LogP contribution in [0.15, 0.2) is 36.5 Å². The molecule has 2 aliphatic rings. The van der Waals surface area contributed by atoms with Crippen LogP contribution < -0.4 is 21.5 Å². The molecule has 0 radical (unpaired) electrons. The van der Waals surface area contributed by atoms with E-state index in [-0.39, 0.29) is 0 Å². The number of nitrogens with one attached hydrogen (secondary N) is 5. The molecular weight excluding hydrogens is 316 g/mol. The van der Waals surface area contributed by atoms with Gasteiger partial charge in [0.05, 0.1) is 5.69 Å². The third-order valence-corrected chi connectivity index (χ3v) is 4.39. The molecule has 3 heterocycles. The second-order valence-corrected chi connectivity index (χ2v) is 6.35. The number of hydrogen-bond acceptors (Lipinski definition) is 7. The van der Waals surface area contributed by atoms with Gasteiger partial charge < -0.3 is 16.1 Å². The van der Waals surface area contributed by atoms with E-state index in [4.69, 9.17) is 0 Å². The van der Waals surface area contributed by atoms with Gasteiger partial charge in [-0.1, -0.05) is 0 Å². The Bertz CT molecular complexity index is 915. The highest BCUT2D eigenvalue weighted by Gasteiger charge is 2.25. The van der Waals surface area contributed by atoms with E-state index in [9.17, 15) is 0 Å². The molecule has 2 aromatic heterocycles. The van der Waals surface area contributed by atoms with Crippen molar-refractivity contribution in [1.29, 1.82) is 0 Å². The number of aromatic amines is 1. The van der Waals surface area contributed by atoms with Gasteiger partial charge >= 0.3 is 0 Å². The van der Waals surface area contributed by atoms with E-state index in [1.54, 1.807) is 6.20 Å². The molecule has 25 heavy (non-hydrogen) atoms. The third kappa shape index (κ3) is 2.99. The van der Waals surface area contributed by atoms with Gasteiger partial charge in [0.25, 0.3) is 0 Å². The van der Waals surface area contributed by atoms with Gasteiger partial charge in [0, 0.05) is 36.1 Å². The van der Waals surface area contributed by atoms with Gasteiger partial charge in [-0.25, -0.2) is 10.4 Å². The Morgan fingerprint density at radius 2 is 2.00 bits per heavy atom. The average Bonchev–Trinajstić information content (AvgIpc) is 3.18. The van der Waals surface area contributed by atoms with Gasteiger partial charge in [-0.15, -0.1) is 0 Å². The van der Waals surface area contributed by atoms with Crippen molar-refractivity contribution in [2.24, 2.45) is 0 Å². The van der Waals surface area contributed by atoms with Crippen LogP contribution in [0.2, 0.25) is 0 Å². The first-order valence-electron chi connectivity index (χ1n) is 8.38. The number of nitrogens with zero attached hydrogens (tertiary/aromatic N) is 3. The van der Waals surface area contributed by atoms with Crippen LogP contribution in [0.3, 0.4) is 0 Å². The second-order valence-electron chi connectivity index (χ2n) is 6.35. The summed E-state index contributed by atoms with van der Waals surface area (Å²) in [5, 5.41) is 13.8. The molecule has 1 aliphatic carbocycles. The highest BCUT2D eigenvalue weighted by molar-refractivity contribution is 5.64. The van der Waals surface area contributed by atoms with E-state index in [2.05, 4.69) is 47.7 Å². The lowest BCUT2D eigenvalue weighted by molar-refractivity contribution is 0.860. The summed E-state index contributed by atoms with van der Waals surface area (Å²) in [4.78, 5) is 8.80. The smallest absolute Gasteiger partial charge is 0.229 e. The van der Waals surface area contributed by atoms with Crippen molar-refractivity contribution in [3.8, 4) is 0 Å². The number of aromatic nitrogens is 4. The van der Waals surface area contributed by atoms with Crippen molar-refractivity contribution in [3.05, 3.63) is 47.8 Å². The van der Waals surface area contributed by atoms with Crippen LogP contribution in [0, 0.1) is 0 Å². The van der Waals surface area contributed by atoms with Crippen molar-refractivity contribution in [3.63, 3.8) is 0 Å². The van der Waals surface area contributed by atoms with Crippen molar-refractivity contribution >= 4 is 29.0 Å². The zero-order valence-electron chi connectivity index (χ0n) is 13.5. The standard InChI is InChI=1S/C17H18N8/c1-2-10(1)14-8-16(25-24-14)21-15-5-6-18-17(22-15)20-12-3-4-13-11(7-12)9-19-23-13/h3-8,10,19,23H,1-2,9H2,(H3,18,20,21,22,24,25). The van der Waals surface area contributed by atoms with Gasteiger partial charge in [0.15, 0.2) is 5.82 Å². The SMILES string of the molecule is c1cc(Nc2cc(C3CC3)[nH]n2)nc(Nc2ccc3c(c2)CNN3)n1. The van der Waals surface area contributed by atoms with Gasteiger partial charge in [0.2, 0.25) is 5.95 Å². The lowest BCUT2D eigenvalue weighted by atomic mass is 10.2. The van der Waals surface area contributed by atoms with E-state index in [1.165, 1.54) is 24.1 Å². The monoisotopic (exact) mass is 334 g/mol. The van der Waals surface area contributed by atoms with E-state index in [0.29, 0.717) is 17.7 Å². The lowest BCUT2D eigenvalue weighted by Crippen LogP contribution is -2.10. The Labute approximate surface area is 144 Å². The Hall–Kier alpha value is -3.13. The molecule has 1 aliphatic heterocycles. The second kappa shape index (κ2) is 5.75. The number of anilines is 5. The topological polar surface area (TPSA) is 103 Å². The molecule has 1 saturated carbocycles. The minimum Gasteiger partial charge on any atom is -0.324 e. The molecule has 8 heteroatoms. The molecule has 5 N–H and O–H groups in total. The maximum atomic E-state index is 4.51. The van der Waals surface area contributed by atoms with Crippen LogP contribution >= 0.6 is 0 Å². The molecular formula is C17H18N8. The number of fused-ring (bicyclic) bond motifs is 1. The fourth-order valence-electron chi connectivity index (χ4n) is 2.93. The van der Waals surface area contributed by atoms with Crippen LogP contribution in [0.4, 0.5) is 29.0 Å². The minimum atomic E-state index is 0.543. The Morgan fingerprint density at radius 3 is 2.92 bits per heavy atom. The summed E-state index contributed by atoms with van der Waals surface area (Å²) in [6.45, 7) is 0.801. The predicted octanol–water partition coefficient (Wildman–Crippen LogP) is 2.99. The number of hydrazine groups is 1. The first-order valence-corrected chi connectivity index (χ1v) is 8.38. The molecule has 0 bridgehead atoms. The Balaban J connectivity index is 1.31. The van der Waals surface area contributed by atoms with Crippen LogP contribution in [-0.4, -0.2) is 20.2 Å². The van der Waals surface area contributed by atoms with E-state index in [1.807, 2.05) is 24.3 Å². The average molecular weight is 334 g/mol. The summed E-state index contributed by atoms with van der Waals surface area (Å²) < 4.78 is 0. The van der Waals surface area contributed by atoms with E-state index in [0.717, 1.165) is 23.7 Å². The summed E-state index contributed by atoms with van der Waals surface area (Å²) in [6, 6.07) is 9.99. The van der Waals surface area contributed by atoms with E-state index >= 15 is 0 Å². The molecule has 0 unspecified atom stereocenters.